The maximum Gasteiger partial charge on any atom is 0.329 e. The van der Waals surface area contributed by atoms with E-state index in [1.54, 1.807) is 37.4 Å². The molecular weight excluding hydrogens is 486 g/mol. The third-order valence-electron chi connectivity index (χ3n) is 4.73. The summed E-state index contributed by atoms with van der Waals surface area (Å²) in [5, 5.41) is 6.47. The van der Waals surface area contributed by atoms with Crippen LogP contribution in [0.3, 0.4) is 0 Å². The molecule has 0 aliphatic carbocycles. The van der Waals surface area contributed by atoms with Gasteiger partial charge in [-0.05, 0) is 59.5 Å². The Kier molecular flexibility index (Phi) is 8.60. The summed E-state index contributed by atoms with van der Waals surface area (Å²) < 4.78 is 12.3. The molecule has 3 rings (SSSR count). The van der Waals surface area contributed by atoms with E-state index in [1.807, 2.05) is 43.3 Å². The number of hydrogen-bond donors (Lipinski definition) is 2. The highest BCUT2D eigenvalue weighted by Crippen LogP contribution is 2.28. The molecule has 0 bridgehead atoms. The van der Waals surface area contributed by atoms with Crippen molar-refractivity contribution in [2.24, 2.45) is 5.10 Å². The van der Waals surface area contributed by atoms with Crippen molar-refractivity contribution in [3.63, 3.8) is 0 Å². The molecule has 0 saturated heterocycles. The molecule has 33 heavy (non-hydrogen) atoms. The number of carbonyl (C=O) groups excluding carboxylic acids is 2. The molecule has 0 fully saturated rings. The van der Waals surface area contributed by atoms with Gasteiger partial charge in [0.2, 0.25) is 0 Å². The van der Waals surface area contributed by atoms with Crippen LogP contribution in [0.4, 0.5) is 5.69 Å². The molecule has 170 valence electrons. The number of para-hydroxylation sites is 1. The lowest BCUT2D eigenvalue weighted by atomic mass is 10.1. The zero-order chi connectivity index (χ0) is 23.6. The molecule has 0 radical (unpaired) electrons. The molecule has 2 N–H and O–H groups in total. The van der Waals surface area contributed by atoms with E-state index in [4.69, 9.17) is 9.47 Å². The topological polar surface area (TPSA) is 89.0 Å². The summed E-state index contributed by atoms with van der Waals surface area (Å²) in [6, 6.07) is 20.4. The monoisotopic (exact) mass is 509 g/mol. The summed E-state index contributed by atoms with van der Waals surface area (Å²) in [6.07, 6.45) is 2.16. The molecule has 8 heteroatoms. The number of rotatable bonds is 8. The molecular formula is C25H24BrN3O4. The third-order valence-corrected chi connectivity index (χ3v) is 5.26. The summed E-state index contributed by atoms with van der Waals surface area (Å²) in [5.74, 6) is -0.548. The van der Waals surface area contributed by atoms with Crippen LogP contribution in [0.25, 0.3) is 0 Å². The predicted molar refractivity (Wildman–Crippen MR) is 132 cm³/mol. The van der Waals surface area contributed by atoms with Crippen LogP contribution in [-0.4, -0.2) is 25.1 Å². The maximum absolute atomic E-state index is 12.1. The minimum absolute atomic E-state index is 0.392. The molecule has 0 saturated carbocycles. The normalized spacial score (nSPS) is 10.6. The van der Waals surface area contributed by atoms with Crippen LogP contribution < -0.4 is 20.2 Å². The van der Waals surface area contributed by atoms with Crippen LogP contribution in [0.1, 0.15) is 23.6 Å². The van der Waals surface area contributed by atoms with Crippen LogP contribution in [0.5, 0.6) is 11.5 Å². The van der Waals surface area contributed by atoms with Gasteiger partial charge in [0, 0.05) is 10.2 Å². The van der Waals surface area contributed by atoms with Crippen LogP contribution >= 0.6 is 15.9 Å². The van der Waals surface area contributed by atoms with E-state index in [-0.39, 0.29) is 0 Å². The average molecular weight is 510 g/mol. The average Bonchev–Trinajstić information content (AvgIpc) is 2.84. The highest BCUT2D eigenvalue weighted by molar-refractivity contribution is 9.10. The minimum atomic E-state index is -0.862. The van der Waals surface area contributed by atoms with Crippen LogP contribution in [0.15, 0.2) is 76.3 Å². The van der Waals surface area contributed by atoms with Gasteiger partial charge in [-0.15, -0.1) is 0 Å². The number of ether oxygens (including phenoxy) is 2. The number of nitrogens with zero attached hydrogens (tertiary/aromatic N) is 1. The smallest absolute Gasteiger partial charge is 0.329 e. The number of amides is 2. The van der Waals surface area contributed by atoms with Gasteiger partial charge in [0.05, 0.1) is 13.3 Å². The number of hydrogen-bond acceptors (Lipinski definition) is 5. The summed E-state index contributed by atoms with van der Waals surface area (Å²) in [7, 11) is 1.54. The highest BCUT2D eigenvalue weighted by Gasteiger charge is 2.14. The van der Waals surface area contributed by atoms with Gasteiger partial charge in [0.25, 0.3) is 0 Å². The number of anilines is 1. The van der Waals surface area contributed by atoms with Gasteiger partial charge in [0.15, 0.2) is 11.5 Å². The molecule has 0 spiro atoms. The quantitative estimate of drug-likeness (QED) is 0.262. The molecule has 0 unspecified atom stereocenters. The minimum Gasteiger partial charge on any atom is -0.493 e. The standard InChI is InChI=1S/C25H24BrN3O4/c1-3-19-6-4-5-7-21(19)28-24(30)25(31)29-27-15-18-10-13-22(23(14-18)32-2)33-16-17-8-11-20(26)12-9-17/h4-15H,3,16H2,1-2H3,(H,28,30)(H,29,31)/b27-15-. The number of nitrogens with one attached hydrogen (secondary N) is 2. The number of carbonyl (C=O) groups is 2. The predicted octanol–water partition coefficient (Wildman–Crippen LogP) is 4.69. The summed E-state index contributed by atoms with van der Waals surface area (Å²) in [4.78, 5) is 24.2. The fourth-order valence-electron chi connectivity index (χ4n) is 2.97. The molecule has 0 atom stereocenters. The van der Waals surface area contributed by atoms with Crippen molar-refractivity contribution < 1.29 is 19.1 Å². The van der Waals surface area contributed by atoms with Crippen molar-refractivity contribution in [1.29, 1.82) is 0 Å². The summed E-state index contributed by atoms with van der Waals surface area (Å²) in [6.45, 7) is 2.37. The van der Waals surface area contributed by atoms with Crippen LogP contribution in [0, 0.1) is 0 Å². The molecule has 0 aromatic heterocycles. The van der Waals surface area contributed by atoms with E-state index in [1.165, 1.54) is 6.21 Å². The number of aryl methyl sites for hydroxylation is 1. The zero-order valence-electron chi connectivity index (χ0n) is 18.3. The lowest BCUT2D eigenvalue weighted by Gasteiger charge is -2.11. The van der Waals surface area contributed by atoms with E-state index in [0.717, 1.165) is 22.0 Å². The summed E-state index contributed by atoms with van der Waals surface area (Å²) >= 11 is 3.41. The Morgan fingerprint density at radius 2 is 1.76 bits per heavy atom. The van der Waals surface area contributed by atoms with E-state index in [0.29, 0.717) is 29.4 Å². The molecule has 0 aliphatic rings. The molecule has 3 aromatic carbocycles. The molecule has 2 amide bonds. The first kappa shape index (κ1) is 24.0. The van der Waals surface area contributed by atoms with Crippen molar-refractivity contribution >= 4 is 39.6 Å². The molecule has 7 nitrogen and oxygen atoms in total. The lowest BCUT2D eigenvalue weighted by Crippen LogP contribution is -2.32. The SMILES string of the molecule is CCc1ccccc1NC(=O)C(=O)N/N=C\c1ccc(OCc2ccc(Br)cc2)c(OC)c1. The number of methoxy groups -OCH3 is 1. The van der Waals surface area contributed by atoms with Gasteiger partial charge in [-0.25, -0.2) is 5.43 Å². The van der Waals surface area contributed by atoms with Gasteiger partial charge in [-0.3, -0.25) is 9.59 Å². The Morgan fingerprint density at radius 3 is 2.48 bits per heavy atom. The fraction of sp³-hybridized carbons (Fsp3) is 0.160. The summed E-state index contributed by atoms with van der Waals surface area (Å²) in [5.41, 5.74) is 5.47. The van der Waals surface area contributed by atoms with Crippen LogP contribution in [-0.2, 0) is 22.6 Å². The Bertz CT molecular complexity index is 1150. The highest BCUT2D eigenvalue weighted by atomic mass is 79.9. The van der Waals surface area contributed by atoms with Gasteiger partial charge >= 0.3 is 11.8 Å². The van der Waals surface area contributed by atoms with Crippen molar-refractivity contribution in [1.82, 2.24) is 5.43 Å². The van der Waals surface area contributed by atoms with E-state index in [2.05, 4.69) is 31.8 Å². The van der Waals surface area contributed by atoms with E-state index >= 15 is 0 Å². The Labute approximate surface area is 200 Å². The number of hydrazone groups is 1. The van der Waals surface area contributed by atoms with Crippen molar-refractivity contribution in [2.45, 2.75) is 20.0 Å². The second-order valence-corrected chi connectivity index (χ2v) is 7.91. The molecule has 3 aromatic rings. The Hall–Kier alpha value is -3.65. The third kappa shape index (κ3) is 6.92. The zero-order valence-corrected chi connectivity index (χ0v) is 19.9. The van der Waals surface area contributed by atoms with E-state index in [9.17, 15) is 9.59 Å². The first-order valence-electron chi connectivity index (χ1n) is 10.3. The van der Waals surface area contributed by atoms with Crippen molar-refractivity contribution in [2.75, 3.05) is 12.4 Å². The van der Waals surface area contributed by atoms with Gasteiger partial charge < -0.3 is 14.8 Å². The van der Waals surface area contributed by atoms with Gasteiger partial charge in [-0.1, -0.05) is 53.2 Å². The maximum atomic E-state index is 12.1. The second-order valence-electron chi connectivity index (χ2n) is 6.99. The lowest BCUT2D eigenvalue weighted by molar-refractivity contribution is -0.136. The number of benzene rings is 3. The first-order valence-corrected chi connectivity index (χ1v) is 11.1. The van der Waals surface area contributed by atoms with Crippen LogP contribution in [0.2, 0.25) is 0 Å². The molecule has 0 heterocycles. The first-order chi connectivity index (χ1) is 16.0. The van der Waals surface area contributed by atoms with Gasteiger partial charge in [0.1, 0.15) is 6.61 Å². The largest absolute Gasteiger partial charge is 0.493 e. The Balaban J connectivity index is 1.57. The number of halogens is 1. The van der Waals surface area contributed by atoms with Crippen molar-refractivity contribution in [3.8, 4) is 11.5 Å². The second kappa shape index (κ2) is 11.8. The Morgan fingerprint density at radius 1 is 1.00 bits per heavy atom. The van der Waals surface area contributed by atoms with E-state index < -0.39 is 11.8 Å². The van der Waals surface area contributed by atoms with Gasteiger partial charge in [-0.2, -0.15) is 5.10 Å². The fourth-order valence-corrected chi connectivity index (χ4v) is 3.24. The molecule has 0 aliphatic heterocycles. The van der Waals surface area contributed by atoms with Crippen molar-refractivity contribution in [3.05, 3.63) is 87.9 Å².